The molecule has 0 fully saturated rings. The maximum Gasteiger partial charge on any atom is 0.252 e. The van der Waals surface area contributed by atoms with Gasteiger partial charge in [-0.2, -0.15) is 0 Å². The number of nitrogens with zero attached hydrogens (tertiary/aromatic N) is 2. The van der Waals surface area contributed by atoms with E-state index in [9.17, 15) is 13.2 Å². The van der Waals surface area contributed by atoms with Crippen molar-refractivity contribution in [2.24, 2.45) is 0 Å². The number of carbonyl (C=O) groups is 1. The monoisotopic (exact) mass is 471 g/mol. The van der Waals surface area contributed by atoms with Crippen LogP contribution in [0.25, 0.3) is 20.8 Å². The number of benzene rings is 2. The highest BCUT2D eigenvalue weighted by Crippen LogP contribution is 2.30. The Balaban J connectivity index is 1.30. The van der Waals surface area contributed by atoms with Crippen LogP contribution in [0.4, 0.5) is 5.69 Å². The van der Waals surface area contributed by atoms with Crippen LogP contribution < -0.4 is 5.32 Å². The molecule has 160 valence electrons. The molecule has 0 unspecified atom stereocenters. The van der Waals surface area contributed by atoms with Crippen LogP contribution in [0.1, 0.15) is 12.8 Å². The van der Waals surface area contributed by atoms with Crippen LogP contribution in [0, 0.1) is 0 Å². The van der Waals surface area contributed by atoms with Crippen molar-refractivity contribution in [1.29, 1.82) is 0 Å². The van der Waals surface area contributed by atoms with Gasteiger partial charge in [-0.05, 0) is 54.3 Å². The molecule has 4 aromatic rings. The number of carbonyl (C=O) groups excluding carboxylic acids is 1. The van der Waals surface area contributed by atoms with Crippen LogP contribution >= 0.6 is 22.7 Å². The van der Waals surface area contributed by atoms with Gasteiger partial charge in [0.15, 0.2) is 0 Å². The summed E-state index contributed by atoms with van der Waals surface area (Å²) in [7, 11) is -1.94. The molecular formula is C22H21N3O3S3. The minimum atomic E-state index is -3.48. The first kappa shape index (κ1) is 21.6. The van der Waals surface area contributed by atoms with Crippen molar-refractivity contribution in [3.05, 3.63) is 66.0 Å². The SMILES string of the molecule is CN(CCCC(=O)Nc1ccc(-c2nc3ccccc3s2)cc1)S(=O)(=O)c1cccs1. The zero-order valence-electron chi connectivity index (χ0n) is 16.8. The van der Waals surface area contributed by atoms with Crippen LogP contribution in [0.15, 0.2) is 70.3 Å². The van der Waals surface area contributed by atoms with Crippen molar-refractivity contribution in [2.45, 2.75) is 17.1 Å². The lowest BCUT2D eigenvalue weighted by Crippen LogP contribution is -2.28. The summed E-state index contributed by atoms with van der Waals surface area (Å²) < 4.78 is 27.5. The minimum absolute atomic E-state index is 0.144. The summed E-state index contributed by atoms with van der Waals surface area (Å²) in [5.41, 5.74) is 2.68. The fourth-order valence-electron chi connectivity index (χ4n) is 3.06. The molecule has 2 heterocycles. The van der Waals surface area contributed by atoms with Crippen molar-refractivity contribution in [3.8, 4) is 10.6 Å². The van der Waals surface area contributed by atoms with Gasteiger partial charge in [0.2, 0.25) is 5.91 Å². The van der Waals surface area contributed by atoms with Gasteiger partial charge >= 0.3 is 0 Å². The first-order chi connectivity index (χ1) is 14.9. The van der Waals surface area contributed by atoms with Gasteiger partial charge in [-0.25, -0.2) is 17.7 Å². The second kappa shape index (κ2) is 9.27. The highest BCUT2D eigenvalue weighted by atomic mass is 32.2. The summed E-state index contributed by atoms with van der Waals surface area (Å²) in [5, 5.41) is 5.54. The standard InChI is InChI=1S/C22H21N3O3S3/c1-25(31(27,28)21-9-5-15-29-21)14-4-8-20(26)23-17-12-10-16(11-13-17)22-24-18-6-2-3-7-19(18)30-22/h2-3,5-7,9-13,15H,4,8,14H2,1H3,(H,23,26). The molecule has 9 heteroatoms. The first-order valence-electron chi connectivity index (χ1n) is 9.69. The van der Waals surface area contributed by atoms with Gasteiger partial charge < -0.3 is 5.32 Å². The Hall–Kier alpha value is -2.59. The lowest BCUT2D eigenvalue weighted by Gasteiger charge is -2.15. The summed E-state index contributed by atoms with van der Waals surface area (Å²) in [5.74, 6) is -0.144. The normalized spacial score (nSPS) is 11.8. The van der Waals surface area contributed by atoms with Gasteiger partial charge in [-0.1, -0.05) is 18.2 Å². The molecule has 0 saturated carbocycles. The average molecular weight is 472 g/mol. The van der Waals surface area contributed by atoms with Crippen molar-refractivity contribution in [2.75, 3.05) is 18.9 Å². The maximum absolute atomic E-state index is 12.4. The Morgan fingerprint density at radius 3 is 2.55 bits per heavy atom. The summed E-state index contributed by atoms with van der Waals surface area (Å²) in [6.45, 7) is 0.282. The first-order valence-corrected chi connectivity index (χ1v) is 12.8. The quantitative estimate of drug-likeness (QED) is 0.389. The molecule has 1 N–H and O–H groups in total. The van der Waals surface area contributed by atoms with Crippen molar-refractivity contribution in [3.63, 3.8) is 0 Å². The summed E-state index contributed by atoms with van der Waals surface area (Å²) in [6.07, 6.45) is 0.681. The second-order valence-electron chi connectivity index (χ2n) is 6.97. The topological polar surface area (TPSA) is 79.4 Å². The number of thiazole rings is 1. The Kier molecular flexibility index (Phi) is 6.47. The third-order valence-electron chi connectivity index (χ3n) is 4.75. The number of thiophene rings is 1. The predicted octanol–water partition coefficient (Wildman–Crippen LogP) is 5.06. The number of rotatable bonds is 8. The van der Waals surface area contributed by atoms with E-state index in [0.717, 1.165) is 20.8 Å². The van der Waals surface area contributed by atoms with Gasteiger partial charge in [0.25, 0.3) is 10.0 Å². The molecule has 0 atom stereocenters. The van der Waals surface area contributed by atoms with E-state index in [2.05, 4.69) is 10.3 Å². The van der Waals surface area contributed by atoms with Crippen LogP contribution in [-0.2, 0) is 14.8 Å². The molecule has 2 aromatic heterocycles. The van der Waals surface area contributed by atoms with E-state index in [1.807, 2.05) is 48.5 Å². The van der Waals surface area contributed by atoms with Gasteiger partial charge in [0, 0.05) is 31.3 Å². The molecule has 0 aliphatic carbocycles. The fraction of sp³-hybridized carbons (Fsp3) is 0.182. The zero-order chi connectivity index (χ0) is 21.8. The highest BCUT2D eigenvalue weighted by molar-refractivity contribution is 7.91. The van der Waals surface area contributed by atoms with E-state index in [0.29, 0.717) is 16.3 Å². The fourth-order valence-corrected chi connectivity index (χ4v) is 6.44. The minimum Gasteiger partial charge on any atom is -0.326 e. The van der Waals surface area contributed by atoms with Crippen LogP contribution in [0.5, 0.6) is 0 Å². The van der Waals surface area contributed by atoms with E-state index >= 15 is 0 Å². The molecule has 1 amide bonds. The molecule has 0 radical (unpaired) electrons. The molecule has 2 aromatic carbocycles. The van der Waals surface area contributed by atoms with E-state index in [4.69, 9.17) is 0 Å². The maximum atomic E-state index is 12.4. The van der Waals surface area contributed by atoms with Crippen LogP contribution in [0.2, 0.25) is 0 Å². The van der Waals surface area contributed by atoms with Crippen molar-refractivity contribution < 1.29 is 13.2 Å². The molecule has 0 spiro atoms. The number of anilines is 1. The lowest BCUT2D eigenvalue weighted by molar-refractivity contribution is -0.116. The van der Waals surface area contributed by atoms with E-state index in [-0.39, 0.29) is 18.9 Å². The molecule has 0 bridgehead atoms. The van der Waals surface area contributed by atoms with Crippen molar-refractivity contribution >= 4 is 54.5 Å². The lowest BCUT2D eigenvalue weighted by atomic mass is 10.2. The Labute approximate surface area is 189 Å². The third-order valence-corrected chi connectivity index (χ3v) is 9.06. The number of hydrogen-bond donors (Lipinski definition) is 1. The molecule has 0 aliphatic rings. The van der Waals surface area contributed by atoms with Crippen molar-refractivity contribution in [1.82, 2.24) is 9.29 Å². The number of amides is 1. The largest absolute Gasteiger partial charge is 0.326 e. The Bertz CT molecular complexity index is 1250. The third kappa shape index (κ3) is 5.01. The summed E-state index contributed by atoms with van der Waals surface area (Å²) >= 11 is 2.82. The molecule has 31 heavy (non-hydrogen) atoms. The summed E-state index contributed by atoms with van der Waals surface area (Å²) in [6, 6.07) is 18.9. The van der Waals surface area contributed by atoms with E-state index < -0.39 is 10.0 Å². The number of hydrogen-bond acceptors (Lipinski definition) is 6. The smallest absolute Gasteiger partial charge is 0.252 e. The molecule has 0 saturated heterocycles. The number of fused-ring (bicyclic) bond motifs is 1. The van der Waals surface area contributed by atoms with Crippen LogP contribution in [0.3, 0.4) is 0 Å². The van der Waals surface area contributed by atoms with Crippen LogP contribution in [-0.4, -0.2) is 37.2 Å². The molecule has 4 rings (SSSR count). The number of nitrogens with one attached hydrogen (secondary N) is 1. The predicted molar refractivity (Wildman–Crippen MR) is 127 cm³/mol. The molecule has 6 nitrogen and oxygen atoms in total. The zero-order valence-corrected chi connectivity index (χ0v) is 19.3. The second-order valence-corrected chi connectivity index (χ2v) is 11.2. The molecule has 0 aliphatic heterocycles. The highest BCUT2D eigenvalue weighted by Gasteiger charge is 2.21. The van der Waals surface area contributed by atoms with E-state index in [1.165, 1.54) is 22.7 Å². The Morgan fingerprint density at radius 2 is 1.84 bits per heavy atom. The van der Waals surface area contributed by atoms with E-state index in [1.54, 1.807) is 28.8 Å². The average Bonchev–Trinajstić information content (AvgIpc) is 3.44. The van der Waals surface area contributed by atoms with Gasteiger partial charge in [0.05, 0.1) is 10.2 Å². The number of sulfonamides is 1. The number of para-hydroxylation sites is 1. The Morgan fingerprint density at radius 1 is 1.06 bits per heavy atom. The molecular weight excluding hydrogens is 450 g/mol. The van der Waals surface area contributed by atoms with Gasteiger partial charge in [0.1, 0.15) is 9.22 Å². The summed E-state index contributed by atoms with van der Waals surface area (Å²) in [4.78, 5) is 16.9. The van der Waals surface area contributed by atoms with Gasteiger partial charge in [-0.15, -0.1) is 22.7 Å². The van der Waals surface area contributed by atoms with Gasteiger partial charge in [-0.3, -0.25) is 4.79 Å². The number of aromatic nitrogens is 1.